The van der Waals surface area contributed by atoms with Crippen LogP contribution in [0.3, 0.4) is 0 Å². The second-order valence-electron chi connectivity index (χ2n) is 14.0. The second-order valence-corrected chi connectivity index (χ2v) is 14.0. The third kappa shape index (κ3) is 5.41. The Morgan fingerprint density at radius 1 is 0.848 bits per heavy atom. The lowest BCUT2D eigenvalue weighted by Crippen LogP contribution is -2.57. The van der Waals surface area contributed by atoms with Crippen LogP contribution in [0.25, 0.3) is 11.1 Å². The van der Waals surface area contributed by atoms with Crippen molar-refractivity contribution in [1.29, 1.82) is 0 Å². The van der Waals surface area contributed by atoms with Crippen LogP contribution in [0.15, 0.2) is 36.4 Å². The Labute approximate surface area is 263 Å². The van der Waals surface area contributed by atoms with Gasteiger partial charge in [-0.2, -0.15) is 26.3 Å². The Morgan fingerprint density at radius 2 is 1.35 bits per heavy atom. The lowest BCUT2D eigenvalue weighted by atomic mass is 9.50. The highest BCUT2D eigenvalue weighted by molar-refractivity contribution is 6.22. The molecule has 3 amide bonds. The zero-order valence-electron chi connectivity index (χ0n) is 26.3. The van der Waals surface area contributed by atoms with Crippen molar-refractivity contribution in [2.24, 2.45) is 35.5 Å². The molecule has 6 unspecified atom stereocenters. The molecule has 3 saturated carbocycles. The van der Waals surface area contributed by atoms with Gasteiger partial charge < -0.3 is 9.69 Å². The first kappa shape index (κ1) is 33.7. The second kappa shape index (κ2) is 11.2. The van der Waals surface area contributed by atoms with E-state index >= 15 is 0 Å². The van der Waals surface area contributed by atoms with E-state index in [1.165, 1.54) is 11.0 Å². The zero-order valence-corrected chi connectivity index (χ0v) is 26.3. The molecule has 1 heterocycles. The summed E-state index contributed by atoms with van der Waals surface area (Å²) >= 11 is 0. The lowest BCUT2D eigenvalue weighted by molar-refractivity contribution is -0.160. The smallest absolute Gasteiger partial charge is 0.343 e. The third-order valence-electron chi connectivity index (χ3n) is 10.1. The maximum absolute atomic E-state index is 14.5. The number of fused-ring (bicyclic) bond motifs is 2. The Kier molecular flexibility index (Phi) is 8.21. The van der Waals surface area contributed by atoms with Gasteiger partial charge in [-0.1, -0.05) is 39.0 Å². The zero-order chi connectivity index (χ0) is 34.3. The first-order valence-corrected chi connectivity index (χ1v) is 15.2. The van der Waals surface area contributed by atoms with Crippen LogP contribution in [-0.2, 0) is 36.9 Å². The molecule has 2 aromatic carbocycles. The number of aldehydes is 1. The van der Waals surface area contributed by atoms with Crippen molar-refractivity contribution in [3.63, 3.8) is 0 Å². The molecule has 1 saturated heterocycles. The summed E-state index contributed by atoms with van der Waals surface area (Å²) in [6.45, 7) is 8.64. The van der Waals surface area contributed by atoms with Gasteiger partial charge in [0.25, 0.3) is 0 Å². The average molecular weight is 651 g/mol. The van der Waals surface area contributed by atoms with Crippen molar-refractivity contribution < 1.29 is 45.5 Å². The summed E-state index contributed by atoms with van der Waals surface area (Å²) in [6, 6.07) is 5.44. The number of benzene rings is 2. The van der Waals surface area contributed by atoms with Gasteiger partial charge in [0.15, 0.2) is 0 Å². The maximum atomic E-state index is 14.5. The number of amides is 3. The Balaban J connectivity index is 1.60. The van der Waals surface area contributed by atoms with Crippen molar-refractivity contribution in [1.82, 2.24) is 4.90 Å². The fourth-order valence-electron chi connectivity index (χ4n) is 7.64. The maximum Gasteiger partial charge on any atom is 0.417 e. The minimum absolute atomic E-state index is 0.199. The average Bonchev–Trinajstić information content (AvgIpc) is 3.25. The molecule has 0 radical (unpaired) electrons. The van der Waals surface area contributed by atoms with Gasteiger partial charge >= 0.3 is 12.4 Å². The van der Waals surface area contributed by atoms with Gasteiger partial charge in [-0.15, -0.1) is 0 Å². The number of hydrogen-bond donors (Lipinski definition) is 0. The molecule has 0 N–H and O–H groups in total. The topological polar surface area (TPSA) is 74.8 Å². The van der Waals surface area contributed by atoms with E-state index in [4.69, 9.17) is 0 Å². The summed E-state index contributed by atoms with van der Waals surface area (Å²) in [4.78, 5) is 55.6. The molecule has 3 aliphatic carbocycles. The number of alkyl halides is 6. The molecule has 12 heteroatoms. The minimum Gasteiger partial charge on any atom is -0.343 e. The minimum atomic E-state index is -5.14. The summed E-state index contributed by atoms with van der Waals surface area (Å²) in [7, 11) is 1.59. The highest BCUT2D eigenvalue weighted by Gasteiger charge is 2.65. The molecular formula is C34H36F6N2O4. The number of hydrogen-bond acceptors (Lipinski definition) is 4. The van der Waals surface area contributed by atoms with E-state index in [1.807, 2.05) is 0 Å². The van der Waals surface area contributed by atoms with Gasteiger partial charge in [0.2, 0.25) is 17.7 Å². The van der Waals surface area contributed by atoms with E-state index in [9.17, 15) is 45.5 Å². The summed E-state index contributed by atoms with van der Waals surface area (Å²) in [5, 5.41) is 0. The standard InChI is InChI=1S/C34H36F6N2O4/c1-16(2)41(6)29(44)26-22-12-11-21(23(26)15-43)27-28(22)31(46)42(30(27)45)18-8-10-20(25(14-18)34(38,39)40)19-9-7-17(32(3,4)5)13-24(19)33(35,36)37/h7-10,13-16,21-23,26-28H,11-12H2,1-6H3. The van der Waals surface area contributed by atoms with Crippen LogP contribution in [0.1, 0.15) is 64.2 Å². The Morgan fingerprint density at radius 3 is 1.85 bits per heavy atom. The molecule has 6 atom stereocenters. The molecule has 2 aromatic rings. The van der Waals surface area contributed by atoms with Crippen molar-refractivity contribution in [3.05, 3.63) is 53.1 Å². The van der Waals surface area contributed by atoms with Gasteiger partial charge in [-0.25, -0.2) is 0 Å². The fourth-order valence-corrected chi connectivity index (χ4v) is 7.64. The number of imide groups is 1. The van der Waals surface area contributed by atoms with Crippen molar-refractivity contribution >= 4 is 29.7 Å². The van der Waals surface area contributed by atoms with Gasteiger partial charge in [0.05, 0.1) is 34.6 Å². The molecule has 2 bridgehead atoms. The molecular weight excluding hydrogens is 614 g/mol. The van der Waals surface area contributed by atoms with Crippen molar-refractivity contribution in [2.75, 3.05) is 11.9 Å². The lowest BCUT2D eigenvalue weighted by Gasteiger charge is -2.51. The number of halogens is 6. The third-order valence-corrected chi connectivity index (χ3v) is 10.1. The van der Waals surface area contributed by atoms with Crippen LogP contribution in [0.4, 0.5) is 32.0 Å². The quantitative estimate of drug-likeness (QED) is 0.196. The fraction of sp³-hybridized carbons (Fsp3) is 0.529. The molecule has 0 aromatic heterocycles. The normalized spacial score (nSPS) is 26.5. The summed E-state index contributed by atoms with van der Waals surface area (Å²) in [6.07, 6.45) is -8.68. The monoisotopic (exact) mass is 650 g/mol. The number of carbonyl (C=O) groups excluding carboxylic acids is 4. The van der Waals surface area contributed by atoms with Crippen LogP contribution in [0.5, 0.6) is 0 Å². The largest absolute Gasteiger partial charge is 0.417 e. The van der Waals surface area contributed by atoms with E-state index in [1.54, 1.807) is 41.7 Å². The van der Waals surface area contributed by atoms with Gasteiger partial charge in [-0.05, 0) is 78.8 Å². The summed E-state index contributed by atoms with van der Waals surface area (Å²) < 4.78 is 86.3. The molecule has 0 spiro atoms. The summed E-state index contributed by atoms with van der Waals surface area (Å²) in [5.74, 6) is -6.89. The van der Waals surface area contributed by atoms with Gasteiger partial charge in [0, 0.05) is 19.0 Å². The van der Waals surface area contributed by atoms with Crippen LogP contribution in [0.2, 0.25) is 0 Å². The first-order valence-electron chi connectivity index (χ1n) is 15.2. The molecule has 46 heavy (non-hydrogen) atoms. The van der Waals surface area contributed by atoms with Gasteiger partial charge in [-0.3, -0.25) is 19.3 Å². The highest BCUT2D eigenvalue weighted by Crippen LogP contribution is 2.58. The van der Waals surface area contributed by atoms with Crippen molar-refractivity contribution in [2.45, 2.75) is 71.3 Å². The molecule has 1 aliphatic heterocycles. The Bertz CT molecular complexity index is 1590. The van der Waals surface area contributed by atoms with Crippen LogP contribution in [-0.4, -0.2) is 42.0 Å². The highest BCUT2D eigenvalue weighted by atomic mass is 19.4. The number of anilines is 1. The molecule has 4 fully saturated rings. The van der Waals surface area contributed by atoms with E-state index in [0.29, 0.717) is 30.1 Å². The molecule has 6 rings (SSSR count). The van der Waals surface area contributed by atoms with E-state index in [0.717, 1.165) is 24.3 Å². The first-order chi connectivity index (χ1) is 21.2. The van der Waals surface area contributed by atoms with E-state index in [2.05, 4.69) is 0 Å². The SMILES string of the molecule is CC(C)N(C)C(=O)C1C(C=O)C2CCC1C1C(=O)N(c3ccc(-c4ccc(C(C)(C)C)cc4C(F)(F)F)c(C(F)(F)F)c3)C(=O)C21. The number of carbonyl (C=O) groups is 4. The van der Waals surface area contributed by atoms with Crippen molar-refractivity contribution in [3.8, 4) is 11.1 Å². The van der Waals surface area contributed by atoms with E-state index in [-0.39, 0.29) is 17.5 Å². The molecule has 6 nitrogen and oxygen atoms in total. The van der Waals surface area contributed by atoms with Crippen LogP contribution < -0.4 is 4.90 Å². The molecule has 4 aliphatic rings. The number of rotatable bonds is 5. The van der Waals surface area contributed by atoms with Crippen LogP contribution in [0, 0.1) is 35.5 Å². The van der Waals surface area contributed by atoms with E-state index < -0.39 is 93.0 Å². The predicted octanol–water partition coefficient (Wildman–Crippen LogP) is 7.13. The number of nitrogens with zero attached hydrogens (tertiary/aromatic N) is 2. The summed E-state index contributed by atoms with van der Waals surface area (Å²) in [5.41, 5.74) is -4.96. The van der Waals surface area contributed by atoms with Crippen LogP contribution >= 0.6 is 0 Å². The predicted molar refractivity (Wildman–Crippen MR) is 157 cm³/mol. The van der Waals surface area contributed by atoms with Gasteiger partial charge in [0.1, 0.15) is 6.29 Å². The Hall–Kier alpha value is -3.70. The molecule has 248 valence electrons.